The molecule has 0 fully saturated rings. The Morgan fingerprint density at radius 2 is 2.00 bits per heavy atom. The molecule has 114 valence electrons. The number of rotatable bonds is 5. The molecule has 0 unspecified atom stereocenters. The lowest BCUT2D eigenvalue weighted by Crippen LogP contribution is -2.23. The summed E-state index contributed by atoms with van der Waals surface area (Å²) in [7, 11) is -2.32. The molecule has 0 atom stereocenters. The summed E-state index contributed by atoms with van der Waals surface area (Å²) in [5.41, 5.74) is 0.789. The number of ether oxygens (including phenoxy) is 1. The Labute approximate surface area is 128 Å². The molecule has 2 rings (SSSR count). The maximum absolute atomic E-state index is 12.4. The molecule has 1 aromatic heterocycles. The first-order valence-electron chi connectivity index (χ1n) is 6.22. The minimum atomic E-state index is -3.73. The van der Waals surface area contributed by atoms with Crippen LogP contribution in [0, 0.1) is 13.8 Å². The van der Waals surface area contributed by atoms with Gasteiger partial charge in [-0.3, -0.25) is 0 Å². The van der Waals surface area contributed by atoms with Crippen LogP contribution < -0.4 is 9.46 Å². The molecule has 1 N–H and O–H groups in total. The summed E-state index contributed by atoms with van der Waals surface area (Å²) in [5.74, 6) is 1.67. The van der Waals surface area contributed by atoms with E-state index in [-0.39, 0.29) is 17.2 Å². The number of hydrogen-bond acceptors (Lipinski definition) is 4. The number of methoxy groups -OCH3 is 1. The highest BCUT2D eigenvalue weighted by Crippen LogP contribution is 2.27. The molecular weight excluding hydrogens is 314 g/mol. The minimum Gasteiger partial charge on any atom is -0.495 e. The topological polar surface area (TPSA) is 68.5 Å². The summed E-state index contributed by atoms with van der Waals surface area (Å²) < 4.78 is 37.7. The van der Waals surface area contributed by atoms with Crippen molar-refractivity contribution in [3.63, 3.8) is 0 Å². The number of nitrogens with one attached hydrogen (secondary N) is 1. The molecule has 0 aliphatic carbocycles. The van der Waals surface area contributed by atoms with E-state index in [4.69, 9.17) is 20.8 Å². The highest BCUT2D eigenvalue weighted by atomic mass is 35.5. The molecule has 21 heavy (non-hydrogen) atoms. The van der Waals surface area contributed by atoms with Gasteiger partial charge in [0.1, 0.15) is 22.2 Å². The lowest BCUT2D eigenvalue weighted by molar-refractivity contribution is 0.402. The Bertz CT molecular complexity index is 752. The average Bonchev–Trinajstić information content (AvgIpc) is 2.75. The fraction of sp³-hybridized carbons (Fsp3) is 0.286. The number of halogens is 1. The van der Waals surface area contributed by atoms with Gasteiger partial charge in [0.25, 0.3) is 0 Å². The van der Waals surface area contributed by atoms with E-state index in [0.717, 1.165) is 11.3 Å². The van der Waals surface area contributed by atoms with Gasteiger partial charge in [0.2, 0.25) is 10.0 Å². The van der Waals surface area contributed by atoms with Crippen LogP contribution in [0.1, 0.15) is 17.1 Å². The number of hydrogen-bond donors (Lipinski definition) is 1. The molecule has 0 aliphatic heterocycles. The van der Waals surface area contributed by atoms with Gasteiger partial charge < -0.3 is 9.15 Å². The van der Waals surface area contributed by atoms with Crippen molar-refractivity contribution >= 4 is 21.6 Å². The van der Waals surface area contributed by atoms with Gasteiger partial charge >= 0.3 is 0 Å². The van der Waals surface area contributed by atoms with E-state index in [0.29, 0.717) is 10.8 Å². The summed E-state index contributed by atoms with van der Waals surface area (Å²) in [6.45, 7) is 3.74. The quantitative estimate of drug-likeness (QED) is 0.915. The van der Waals surface area contributed by atoms with E-state index >= 15 is 0 Å². The summed E-state index contributed by atoms with van der Waals surface area (Å²) in [6.07, 6.45) is 0. The van der Waals surface area contributed by atoms with Crippen LogP contribution in [0.4, 0.5) is 0 Å². The highest BCUT2D eigenvalue weighted by molar-refractivity contribution is 7.89. The minimum absolute atomic E-state index is 0.00960. The van der Waals surface area contributed by atoms with Crippen LogP contribution in [0.25, 0.3) is 0 Å². The van der Waals surface area contributed by atoms with Crippen molar-refractivity contribution in [2.45, 2.75) is 25.3 Å². The van der Waals surface area contributed by atoms with Crippen LogP contribution in [-0.4, -0.2) is 15.5 Å². The number of aryl methyl sites for hydroxylation is 2. The van der Waals surface area contributed by atoms with Crippen molar-refractivity contribution < 1.29 is 17.6 Å². The Kier molecular flexibility index (Phi) is 4.61. The summed E-state index contributed by atoms with van der Waals surface area (Å²) in [4.78, 5) is 0.00960. The normalized spacial score (nSPS) is 11.6. The smallest absolute Gasteiger partial charge is 0.244 e. The van der Waals surface area contributed by atoms with Crippen molar-refractivity contribution in [2.75, 3.05) is 7.11 Å². The van der Waals surface area contributed by atoms with Gasteiger partial charge in [-0.1, -0.05) is 11.6 Å². The van der Waals surface area contributed by atoms with Crippen molar-refractivity contribution in [2.24, 2.45) is 0 Å². The first-order valence-corrected chi connectivity index (χ1v) is 8.08. The molecule has 7 heteroatoms. The molecule has 1 heterocycles. The van der Waals surface area contributed by atoms with Crippen molar-refractivity contribution in [1.29, 1.82) is 0 Å². The van der Waals surface area contributed by atoms with Crippen LogP contribution in [0.5, 0.6) is 5.75 Å². The molecule has 0 saturated heterocycles. The number of sulfonamides is 1. The van der Waals surface area contributed by atoms with Gasteiger partial charge in [-0.05, 0) is 38.1 Å². The predicted octanol–water partition coefficient (Wildman–Crippen LogP) is 3.04. The zero-order chi connectivity index (χ0) is 15.6. The van der Waals surface area contributed by atoms with Gasteiger partial charge in [-0.25, -0.2) is 13.1 Å². The van der Waals surface area contributed by atoms with Gasteiger partial charge in [-0.2, -0.15) is 0 Å². The molecular formula is C14H16ClNO4S. The molecule has 2 aromatic rings. The van der Waals surface area contributed by atoms with E-state index in [1.54, 1.807) is 19.1 Å². The second-order valence-corrected chi connectivity index (χ2v) is 6.73. The Balaban J connectivity index is 2.26. The fourth-order valence-corrected chi connectivity index (χ4v) is 3.41. The first-order chi connectivity index (χ1) is 9.83. The maximum atomic E-state index is 12.4. The van der Waals surface area contributed by atoms with Gasteiger partial charge in [0, 0.05) is 17.1 Å². The molecule has 0 aliphatic rings. The van der Waals surface area contributed by atoms with Gasteiger partial charge in [-0.15, -0.1) is 0 Å². The molecule has 0 amide bonds. The van der Waals surface area contributed by atoms with Crippen LogP contribution in [-0.2, 0) is 16.6 Å². The van der Waals surface area contributed by atoms with E-state index in [1.165, 1.54) is 19.2 Å². The molecule has 0 spiro atoms. The summed E-state index contributed by atoms with van der Waals surface area (Å²) in [6, 6.07) is 6.25. The van der Waals surface area contributed by atoms with Crippen LogP contribution >= 0.6 is 11.6 Å². The van der Waals surface area contributed by atoms with Crippen molar-refractivity contribution in [3.05, 3.63) is 46.4 Å². The Morgan fingerprint density at radius 3 is 2.57 bits per heavy atom. The molecule has 0 bridgehead atoms. The van der Waals surface area contributed by atoms with Crippen LogP contribution in [0.15, 0.2) is 33.6 Å². The van der Waals surface area contributed by atoms with Gasteiger partial charge in [0.05, 0.1) is 7.11 Å². The van der Waals surface area contributed by atoms with E-state index in [2.05, 4.69) is 4.72 Å². The Hall–Kier alpha value is -1.50. The van der Waals surface area contributed by atoms with Crippen LogP contribution in [0.3, 0.4) is 0 Å². The third-order valence-electron chi connectivity index (χ3n) is 3.01. The largest absolute Gasteiger partial charge is 0.495 e. The van der Waals surface area contributed by atoms with E-state index < -0.39 is 10.0 Å². The van der Waals surface area contributed by atoms with Crippen LogP contribution in [0.2, 0.25) is 5.02 Å². The monoisotopic (exact) mass is 329 g/mol. The van der Waals surface area contributed by atoms with Crippen molar-refractivity contribution in [1.82, 2.24) is 4.72 Å². The zero-order valence-electron chi connectivity index (χ0n) is 11.9. The van der Waals surface area contributed by atoms with E-state index in [1.807, 2.05) is 6.92 Å². The van der Waals surface area contributed by atoms with E-state index in [9.17, 15) is 8.42 Å². The number of furan rings is 1. The highest BCUT2D eigenvalue weighted by Gasteiger charge is 2.20. The molecule has 1 aromatic carbocycles. The zero-order valence-corrected chi connectivity index (χ0v) is 13.5. The second-order valence-electron chi connectivity index (χ2n) is 4.56. The molecule has 0 radical (unpaired) electrons. The summed E-state index contributed by atoms with van der Waals surface area (Å²) >= 11 is 5.86. The lowest BCUT2D eigenvalue weighted by Gasteiger charge is -2.10. The SMILES string of the molecule is COc1ccc(Cl)cc1S(=O)(=O)NCc1cc(C)oc1C. The third-order valence-corrected chi connectivity index (χ3v) is 4.67. The first kappa shape index (κ1) is 15.9. The maximum Gasteiger partial charge on any atom is 0.244 e. The number of benzene rings is 1. The average molecular weight is 330 g/mol. The lowest BCUT2D eigenvalue weighted by atomic mass is 10.2. The summed E-state index contributed by atoms with van der Waals surface area (Å²) in [5, 5.41) is 0.325. The molecule has 5 nitrogen and oxygen atoms in total. The molecule has 0 saturated carbocycles. The fourth-order valence-electron chi connectivity index (χ4n) is 1.97. The predicted molar refractivity (Wildman–Crippen MR) is 80.2 cm³/mol. The second kappa shape index (κ2) is 6.09. The standard InChI is InChI=1S/C14H16ClNO4S/c1-9-6-11(10(2)20-9)8-16-21(17,18)14-7-12(15)4-5-13(14)19-3/h4-7,16H,8H2,1-3H3. The van der Waals surface area contributed by atoms with Crippen molar-refractivity contribution in [3.8, 4) is 5.75 Å². The third kappa shape index (κ3) is 3.58. The Morgan fingerprint density at radius 1 is 1.29 bits per heavy atom. The van der Waals surface area contributed by atoms with Gasteiger partial charge in [0.15, 0.2) is 0 Å².